The van der Waals surface area contributed by atoms with E-state index in [1.807, 2.05) is 37.3 Å². The maximum Gasteiger partial charge on any atom is 0.251 e. The fourth-order valence-electron chi connectivity index (χ4n) is 3.01. The summed E-state index contributed by atoms with van der Waals surface area (Å²) in [5, 5.41) is 3.68. The average molecular weight is 477 g/mol. The Morgan fingerprint density at radius 1 is 0.935 bits per heavy atom. The number of carbonyl (C=O) groups excluding carboxylic acids is 1. The summed E-state index contributed by atoms with van der Waals surface area (Å²) in [4.78, 5) is 12.5. The van der Waals surface area contributed by atoms with Crippen LogP contribution in [0, 0.1) is 0 Å². The van der Waals surface area contributed by atoms with E-state index in [1.165, 1.54) is 0 Å². The number of carbonyl (C=O) groups is 1. The second-order valence-electron chi connectivity index (χ2n) is 7.07. The Morgan fingerprint density at radius 3 is 2.29 bits per heavy atom. The van der Waals surface area contributed by atoms with Crippen LogP contribution in [0.3, 0.4) is 0 Å². The van der Waals surface area contributed by atoms with Gasteiger partial charge in [-0.2, -0.15) is 0 Å². The van der Waals surface area contributed by atoms with Gasteiger partial charge in [0.15, 0.2) is 0 Å². The Bertz CT molecular complexity index is 1150. The van der Waals surface area contributed by atoms with E-state index in [0.29, 0.717) is 26.9 Å². The molecule has 0 bridgehead atoms. The molecule has 0 fully saturated rings. The molecule has 0 aliphatic carbocycles. The number of nitrogens with one attached hydrogen (secondary N) is 2. The number of halogens is 2. The van der Waals surface area contributed by atoms with Gasteiger partial charge in [-0.3, -0.25) is 9.52 Å². The Hall–Kier alpha value is -2.54. The first kappa shape index (κ1) is 23.1. The average Bonchev–Trinajstić information content (AvgIpc) is 2.75. The second-order valence-corrected chi connectivity index (χ2v) is 9.69. The largest absolute Gasteiger partial charge is 0.346 e. The van der Waals surface area contributed by atoms with Gasteiger partial charge in [-0.15, -0.1) is 0 Å². The normalized spacial score (nSPS) is 12.2. The molecule has 2 N–H and O–H groups in total. The van der Waals surface area contributed by atoms with E-state index in [4.69, 9.17) is 23.2 Å². The molecule has 31 heavy (non-hydrogen) atoms. The summed E-state index contributed by atoms with van der Waals surface area (Å²) in [6, 6.07) is 20.9. The third-order valence-electron chi connectivity index (χ3n) is 4.74. The number of benzene rings is 3. The van der Waals surface area contributed by atoms with Crippen LogP contribution in [-0.2, 0) is 16.4 Å². The van der Waals surface area contributed by atoms with Crippen LogP contribution < -0.4 is 10.0 Å². The number of aryl methyl sites for hydroxylation is 1. The minimum absolute atomic E-state index is 0.148. The summed E-state index contributed by atoms with van der Waals surface area (Å²) in [5.41, 5.74) is 2.49. The van der Waals surface area contributed by atoms with Crippen LogP contribution in [-0.4, -0.2) is 20.1 Å². The standard InChI is InChI=1S/C23H22Cl2N2O3S/c1-16(17-6-3-2-4-7-17)26-23(28)19-10-12-20(13-11-19)27-31(29,30)15-14-18-8-5-9-21(24)22(18)25/h2-13,16,27H,14-15H2,1H3,(H,26,28)/t16-/m0/s1. The first-order chi connectivity index (χ1) is 14.7. The third kappa shape index (κ3) is 6.47. The molecule has 0 saturated carbocycles. The molecule has 0 spiro atoms. The molecule has 0 saturated heterocycles. The molecular weight excluding hydrogens is 455 g/mol. The van der Waals surface area contributed by atoms with E-state index in [9.17, 15) is 13.2 Å². The maximum atomic E-state index is 12.5. The molecule has 0 unspecified atom stereocenters. The van der Waals surface area contributed by atoms with Crippen LogP contribution in [0.5, 0.6) is 0 Å². The van der Waals surface area contributed by atoms with E-state index < -0.39 is 10.0 Å². The van der Waals surface area contributed by atoms with Gasteiger partial charge >= 0.3 is 0 Å². The molecule has 0 aliphatic rings. The van der Waals surface area contributed by atoms with Crippen molar-refractivity contribution in [3.05, 3.63) is 99.5 Å². The van der Waals surface area contributed by atoms with Gasteiger partial charge in [0.2, 0.25) is 10.0 Å². The molecule has 1 amide bonds. The van der Waals surface area contributed by atoms with Gasteiger partial charge in [0.25, 0.3) is 5.91 Å². The highest BCUT2D eigenvalue weighted by Gasteiger charge is 2.15. The monoisotopic (exact) mass is 476 g/mol. The lowest BCUT2D eigenvalue weighted by molar-refractivity contribution is 0.0940. The predicted molar refractivity (Wildman–Crippen MR) is 126 cm³/mol. The number of anilines is 1. The van der Waals surface area contributed by atoms with E-state index in [0.717, 1.165) is 5.56 Å². The summed E-state index contributed by atoms with van der Waals surface area (Å²) in [6.07, 6.45) is 0.229. The first-order valence-electron chi connectivity index (χ1n) is 9.64. The van der Waals surface area contributed by atoms with Crippen molar-refractivity contribution < 1.29 is 13.2 Å². The van der Waals surface area contributed by atoms with Crippen molar-refractivity contribution in [2.45, 2.75) is 19.4 Å². The summed E-state index contributed by atoms with van der Waals surface area (Å²) < 4.78 is 27.4. The lowest BCUT2D eigenvalue weighted by Gasteiger charge is -2.14. The van der Waals surface area contributed by atoms with Crippen LogP contribution in [0.25, 0.3) is 0 Å². The van der Waals surface area contributed by atoms with Gasteiger partial charge in [-0.25, -0.2) is 8.42 Å². The summed E-state index contributed by atoms with van der Waals surface area (Å²) in [7, 11) is -3.60. The Kier molecular flexibility index (Phi) is 7.59. The van der Waals surface area contributed by atoms with Crippen molar-refractivity contribution in [1.82, 2.24) is 5.32 Å². The zero-order valence-corrected chi connectivity index (χ0v) is 19.1. The molecule has 3 aromatic carbocycles. The molecule has 3 rings (SSSR count). The number of sulfonamides is 1. The Balaban J connectivity index is 1.59. The zero-order valence-electron chi connectivity index (χ0n) is 16.8. The molecule has 0 radical (unpaired) electrons. The molecule has 8 heteroatoms. The predicted octanol–water partition coefficient (Wildman–Crippen LogP) is 5.47. The van der Waals surface area contributed by atoms with E-state index >= 15 is 0 Å². The molecule has 3 aromatic rings. The Labute approximate surface area is 192 Å². The molecule has 5 nitrogen and oxygen atoms in total. The van der Waals surface area contributed by atoms with Gasteiger partial charge in [-0.05, 0) is 54.8 Å². The van der Waals surface area contributed by atoms with E-state index in [2.05, 4.69) is 10.0 Å². The molecule has 1 atom stereocenters. The summed E-state index contributed by atoms with van der Waals surface area (Å²) in [5.74, 6) is -0.384. The molecule has 0 heterocycles. The first-order valence-corrected chi connectivity index (χ1v) is 12.1. The lowest BCUT2D eigenvalue weighted by Crippen LogP contribution is -2.26. The highest BCUT2D eigenvalue weighted by molar-refractivity contribution is 7.92. The van der Waals surface area contributed by atoms with E-state index in [-0.39, 0.29) is 24.1 Å². The van der Waals surface area contributed by atoms with Gasteiger partial charge in [0, 0.05) is 11.3 Å². The quantitative estimate of drug-likeness (QED) is 0.452. The number of amides is 1. The zero-order chi connectivity index (χ0) is 22.4. The lowest BCUT2D eigenvalue weighted by atomic mass is 10.1. The van der Waals surface area contributed by atoms with Gasteiger partial charge in [0.05, 0.1) is 21.8 Å². The van der Waals surface area contributed by atoms with Crippen molar-refractivity contribution in [2.24, 2.45) is 0 Å². The minimum atomic E-state index is -3.60. The third-order valence-corrected chi connectivity index (χ3v) is 6.89. The molecule has 0 aromatic heterocycles. The molecular formula is C23H22Cl2N2O3S. The highest BCUT2D eigenvalue weighted by atomic mass is 35.5. The van der Waals surface area contributed by atoms with Crippen LogP contribution in [0.1, 0.15) is 34.5 Å². The number of hydrogen-bond acceptors (Lipinski definition) is 3. The minimum Gasteiger partial charge on any atom is -0.346 e. The van der Waals surface area contributed by atoms with Crippen LogP contribution in [0.4, 0.5) is 5.69 Å². The second kappa shape index (κ2) is 10.2. The highest BCUT2D eigenvalue weighted by Crippen LogP contribution is 2.26. The number of rotatable bonds is 8. The van der Waals surface area contributed by atoms with Gasteiger partial charge in [0.1, 0.15) is 0 Å². The van der Waals surface area contributed by atoms with Crippen LogP contribution in [0.15, 0.2) is 72.8 Å². The van der Waals surface area contributed by atoms with Crippen LogP contribution in [0.2, 0.25) is 10.0 Å². The van der Waals surface area contributed by atoms with Crippen molar-refractivity contribution >= 4 is 44.8 Å². The van der Waals surface area contributed by atoms with Crippen molar-refractivity contribution in [1.29, 1.82) is 0 Å². The fourth-order valence-corrected chi connectivity index (χ4v) is 4.51. The smallest absolute Gasteiger partial charge is 0.251 e. The summed E-state index contributed by atoms with van der Waals surface area (Å²) >= 11 is 12.1. The van der Waals surface area contributed by atoms with E-state index in [1.54, 1.807) is 42.5 Å². The van der Waals surface area contributed by atoms with Crippen molar-refractivity contribution in [3.8, 4) is 0 Å². The van der Waals surface area contributed by atoms with Crippen LogP contribution >= 0.6 is 23.2 Å². The fraction of sp³-hybridized carbons (Fsp3) is 0.174. The van der Waals surface area contributed by atoms with Gasteiger partial charge < -0.3 is 5.32 Å². The summed E-state index contributed by atoms with van der Waals surface area (Å²) in [6.45, 7) is 1.90. The molecule has 0 aliphatic heterocycles. The van der Waals surface area contributed by atoms with Gasteiger partial charge in [-0.1, -0.05) is 65.7 Å². The molecule has 162 valence electrons. The number of hydrogen-bond donors (Lipinski definition) is 2. The SMILES string of the molecule is C[C@H](NC(=O)c1ccc(NS(=O)(=O)CCc2cccc(Cl)c2Cl)cc1)c1ccccc1. The van der Waals surface area contributed by atoms with Crippen molar-refractivity contribution in [2.75, 3.05) is 10.5 Å². The maximum absolute atomic E-state index is 12.5. The topological polar surface area (TPSA) is 75.3 Å². The van der Waals surface area contributed by atoms with Crippen molar-refractivity contribution in [3.63, 3.8) is 0 Å². The Morgan fingerprint density at radius 2 is 1.61 bits per heavy atom.